The molecule has 2 fully saturated rings. The maximum absolute atomic E-state index is 13.3. The van der Waals surface area contributed by atoms with Gasteiger partial charge >= 0.3 is 0 Å². The van der Waals surface area contributed by atoms with Crippen LogP contribution in [-0.4, -0.2) is 59.0 Å². The zero-order valence-corrected chi connectivity index (χ0v) is 17.1. The summed E-state index contributed by atoms with van der Waals surface area (Å²) < 4.78 is 28.0. The summed E-state index contributed by atoms with van der Waals surface area (Å²) in [7, 11) is -3.80. The van der Waals surface area contributed by atoms with Gasteiger partial charge in [-0.1, -0.05) is 0 Å². The number of anilines is 1. The number of aromatic amines is 1. The highest BCUT2D eigenvalue weighted by molar-refractivity contribution is 7.89. The molecule has 1 unspecified atom stereocenters. The fourth-order valence-corrected chi connectivity index (χ4v) is 5.85. The van der Waals surface area contributed by atoms with Crippen LogP contribution in [0.3, 0.4) is 0 Å². The normalized spacial score (nSPS) is 20.9. The van der Waals surface area contributed by atoms with Crippen molar-refractivity contribution in [3.63, 3.8) is 0 Å². The highest BCUT2D eigenvalue weighted by Crippen LogP contribution is 2.36. The van der Waals surface area contributed by atoms with E-state index in [-0.39, 0.29) is 16.5 Å². The van der Waals surface area contributed by atoms with Gasteiger partial charge in [0.15, 0.2) is 5.82 Å². The number of hydrogen-bond donors (Lipinski definition) is 1. The number of benzene rings is 1. The Morgan fingerprint density at radius 3 is 2.62 bits per heavy atom. The average Bonchev–Trinajstić information content (AvgIpc) is 3.40. The quantitative estimate of drug-likeness (QED) is 0.580. The van der Waals surface area contributed by atoms with Crippen LogP contribution in [0.15, 0.2) is 23.1 Å². The third kappa shape index (κ3) is 3.84. The first-order valence-electron chi connectivity index (χ1n) is 9.78. The van der Waals surface area contributed by atoms with Crippen LogP contribution in [0.2, 0.25) is 0 Å². The van der Waals surface area contributed by atoms with Crippen LogP contribution >= 0.6 is 0 Å². The zero-order chi connectivity index (χ0) is 20.6. The molecule has 0 radical (unpaired) electrons. The number of aromatic nitrogens is 3. The maximum Gasteiger partial charge on any atom is 0.270 e. The van der Waals surface area contributed by atoms with Crippen molar-refractivity contribution in [1.29, 1.82) is 0 Å². The molecule has 1 aromatic heterocycles. The Bertz CT molecular complexity index is 1020. The van der Waals surface area contributed by atoms with E-state index < -0.39 is 14.9 Å². The molecule has 11 heteroatoms. The summed E-state index contributed by atoms with van der Waals surface area (Å²) in [6.45, 7) is 3.99. The molecule has 156 valence electrons. The molecule has 1 atom stereocenters. The topological polar surface area (TPSA) is 125 Å². The predicted octanol–water partition coefficient (Wildman–Crippen LogP) is 2.19. The van der Waals surface area contributed by atoms with Gasteiger partial charge in [-0.15, -0.1) is 0 Å². The third-order valence-electron chi connectivity index (χ3n) is 5.58. The molecule has 2 aliphatic heterocycles. The van der Waals surface area contributed by atoms with E-state index in [1.54, 1.807) is 6.07 Å². The molecular formula is C18H24N6O4S. The van der Waals surface area contributed by atoms with Crippen LogP contribution in [0, 0.1) is 17.0 Å². The fraction of sp³-hybridized carbons (Fsp3) is 0.556. The second kappa shape index (κ2) is 7.71. The Morgan fingerprint density at radius 2 is 1.97 bits per heavy atom. The monoisotopic (exact) mass is 420 g/mol. The Kier molecular flexibility index (Phi) is 5.26. The maximum atomic E-state index is 13.3. The van der Waals surface area contributed by atoms with Gasteiger partial charge in [0, 0.05) is 44.2 Å². The number of rotatable bonds is 5. The second-order valence-corrected chi connectivity index (χ2v) is 9.49. The standard InChI is InChI=1S/C18H24N6O4S/c1-13-19-18(21-20-13)14-5-4-8-22(12-14)16-7-6-15(24(25)26)11-17(16)29(27,28)23-9-2-3-10-23/h6-7,11,14H,2-5,8-10,12H2,1H3,(H,19,20,21). The van der Waals surface area contributed by atoms with Gasteiger partial charge in [-0.05, 0) is 38.7 Å². The van der Waals surface area contributed by atoms with E-state index in [9.17, 15) is 18.5 Å². The number of nitro groups is 1. The van der Waals surface area contributed by atoms with E-state index in [4.69, 9.17) is 0 Å². The number of sulfonamides is 1. The predicted molar refractivity (Wildman–Crippen MR) is 106 cm³/mol. The molecule has 29 heavy (non-hydrogen) atoms. The lowest BCUT2D eigenvalue weighted by atomic mass is 9.97. The van der Waals surface area contributed by atoms with Crippen LogP contribution in [0.25, 0.3) is 0 Å². The van der Waals surface area contributed by atoms with Crippen LogP contribution in [0.1, 0.15) is 43.3 Å². The van der Waals surface area contributed by atoms with Crippen molar-refractivity contribution in [2.24, 2.45) is 0 Å². The number of aryl methyl sites for hydroxylation is 1. The summed E-state index contributed by atoms with van der Waals surface area (Å²) in [6, 6.07) is 4.13. The van der Waals surface area contributed by atoms with Gasteiger partial charge in [0.05, 0.1) is 10.6 Å². The number of non-ortho nitro benzene ring substituents is 1. The minimum Gasteiger partial charge on any atom is -0.370 e. The van der Waals surface area contributed by atoms with Gasteiger partial charge in [-0.2, -0.15) is 9.40 Å². The van der Waals surface area contributed by atoms with E-state index in [1.807, 2.05) is 11.8 Å². The average molecular weight is 420 g/mol. The summed E-state index contributed by atoms with van der Waals surface area (Å²) in [5.74, 6) is 1.54. The van der Waals surface area contributed by atoms with Crippen molar-refractivity contribution >= 4 is 21.4 Å². The van der Waals surface area contributed by atoms with Crippen molar-refractivity contribution < 1.29 is 13.3 Å². The largest absolute Gasteiger partial charge is 0.370 e. The summed E-state index contributed by atoms with van der Waals surface area (Å²) in [5.41, 5.74) is 0.295. The summed E-state index contributed by atoms with van der Waals surface area (Å²) in [6.07, 6.45) is 3.38. The first-order valence-corrected chi connectivity index (χ1v) is 11.2. The van der Waals surface area contributed by atoms with E-state index in [1.165, 1.54) is 16.4 Å². The van der Waals surface area contributed by atoms with Crippen LogP contribution in [0.5, 0.6) is 0 Å². The molecule has 2 aromatic rings. The molecule has 0 spiro atoms. The molecule has 0 aliphatic carbocycles. The molecule has 4 rings (SSSR count). The molecule has 0 bridgehead atoms. The Morgan fingerprint density at radius 1 is 1.21 bits per heavy atom. The van der Waals surface area contributed by atoms with Gasteiger partial charge in [0.25, 0.3) is 5.69 Å². The van der Waals surface area contributed by atoms with Gasteiger partial charge in [0.1, 0.15) is 10.7 Å². The fourth-order valence-electron chi connectivity index (χ4n) is 4.10. The first kappa shape index (κ1) is 19.8. The lowest BCUT2D eigenvalue weighted by Gasteiger charge is -2.34. The molecular weight excluding hydrogens is 396 g/mol. The van der Waals surface area contributed by atoms with Crippen molar-refractivity contribution in [3.8, 4) is 0 Å². The van der Waals surface area contributed by atoms with Gasteiger partial charge < -0.3 is 4.90 Å². The second-order valence-electron chi connectivity index (χ2n) is 7.58. The summed E-state index contributed by atoms with van der Waals surface area (Å²) in [4.78, 5) is 17.2. The number of piperidine rings is 1. The molecule has 2 aliphatic rings. The molecule has 3 heterocycles. The molecule has 0 amide bonds. The van der Waals surface area contributed by atoms with Gasteiger partial charge in [0.2, 0.25) is 10.0 Å². The van der Waals surface area contributed by atoms with E-state index in [2.05, 4.69) is 15.2 Å². The molecule has 2 saturated heterocycles. The SMILES string of the molecule is Cc1nc(C2CCCN(c3ccc([N+](=O)[O-])cc3S(=O)(=O)N3CCCC3)C2)n[nH]1. The van der Waals surface area contributed by atoms with Crippen molar-refractivity contribution in [3.05, 3.63) is 40.0 Å². The Balaban J connectivity index is 1.71. The number of nitrogens with zero attached hydrogens (tertiary/aromatic N) is 5. The van der Waals surface area contributed by atoms with Gasteiger partial charge in [-0.3, -0.25) is 15.2 Å². The van der Waals surface area contributed by atoms with Crippen LogP contribution in [0.4, 0.5) is 11.4 Å². The van der Waals surface area contributed by atoms with E-state index in [0.717, 1.165) is 37.3 Å². The van der Waals surface area contributed by atoms with Crippen molar-refractivity contribution in [2.75, 3.05) is 31.1 Å². The molecule has 1 N–H and O–H groups in total. The minimum atomic E-state index is -3.80. The van der Waals surface area contributed by atoms with Gasteiger partial charge in [-0.25, -0.2) is 13.4 Å². The van der Waals surface area contributed by atoms with Crippen molar-refractivity contribution in [1.82, 2.24) is 19.5 Å². The molecule has 0 saturated carbocycles. The minimum absolute atomic E-state index is 0.0143. The third-order valence-corrected chi connectivity index (χ3v) is 7.51. The number of hydrogen-bond acceptors (Lipinski definition) is 7. The summed E-state index contributed by atoms with van der Waals surface area (Å²) in [5, 5.41) is 18.4. The number of H-pyrrole nitrogens is 1. The van der Waals surface area contributed by atoms with Crippen molar-refractivity contribution in [2.45, 2.75) is 43.4 Å². The first-order chi connectivity index (χ1) is 13.9. The zero-order valence-electron chi connectivity index (χ0n) is 16.2. The molecule has 1 aromatic carbocycles. The Hall–Kier alpha value is -2.53. The lowest BCUT2D eigenvalue weighted by Crippen LogP contribution is -2.37. The number of nitrogens with one attached hydrogen (secondary N) is 1. The summed E-state index contributed by atoms with van der Waals surface area (Å²) >= 11 is 0. The smallest absolute Gasteiger partial charge is 0.270 e. The molecule has 10 nitrogen and oxygen atoms in total. The van der Waals surface area contributed by atoms with E-state index >= 15 is 0 Å². The Labute approximate surface area is 169 Å². The highest BCUT2D eigenvalue weighted by atomic mass is 32.2. The highest BCUT2D eigenvalue weighted by Gasteiger charge is 2.34. The number of nitro benzene ring substituents is 1. The van der Waals surface area contributed by atoms with Crippen LogP contribution < -0.4 is 4.90 Å². The van der Waals surface area contributed by atoms with Crippen LogP contribution in [-0.2, 0) is 10.0 Å². The van der Waals surface area contributed by atoms with E-state index in [0.29, 0.717) is 31.9 Å². The lowest BCUT2D eigenvalue weighted by molar-refractivity contribution is -0.385.